The number of rotatable bonds is 5. The summed E-state index contributed by atoms with van der Waals surface area (Å²) in [5, 5.41) is 7.98. The van der Waals surface area contributed by atoms with E-state index in [1.165, 1.54) is 6.92 Å². The highest BCUT2D eigenvalue weighted by Gasteiger charge is 2.08. The zero-order chi connectivity index (χ0) is 17.5. The topological polar surface area (TPSA) is 87.3 Å². The second-order valence-electron chi connectivity index (χ2n) is 5.26. The number of hydrogen-bond acceptors (Lipinski definition) is 3. The third kappa shape index (κ3) is 4.95. The fraction of sp³-hybridized carbons (Fsp3) is 0.167. The predicted octanol–water partition coefficient (Wildman–Crippen LogP) is 2.19. The van der Waals surface area contributed by atoms with Gasteiger partial charge in [0.05, 0.1) is 6.42 Å². The summed E-state index contributed by atoms with van der Waals surface area (Å²) in [6.45, 7) is 1.41. The molecule has 0 saturated heterocycles. The van der Waals surface area contributed by atoms with Crippen molar-refractivity contribution in [3.63, 3.8) is 0 Å². The average molecular weight is 325 g/mol. The molecule has 0 spiro atoms. The first-order valence-corrected chi connectivity index (χ1v) is 7.46. The molecule has 0 aliphatic heterocycles. The van der Waals surface area contributed by atoms with Gasteiger partial charge in [-0.15, -0.1) is 0 Å². The first-order chi connectivity index (χ1) is 11.5. The number of carbonyl (C=O) groups is 3. The van der Waals surface area contributed by atoms with E-state index in [2.05, 4.69) is 16.0 Å². The maximum Gasteiger partial charge on any atom is 0.255 e. The summed E-state index contributed by atoms with van der Waals surface area (Å²) in [5.74, 6) is -0.540. The van der Waals surface area contributed by atoms with Gasteiger partial charge in [0.15, 0.2) is 0 Å². The Morgan fingerprint density at radius 2 is 1.62 bits per heavy atom. The first kappa shape index (κ1) is 17.2. The molecule has 2 aromatic rings. The lowest BCUT2D eigenvalue weighted by Crippen LogP contribution is -2.19. The Morgan fingerprint density at radius 1 is 0.917 bits per heavy atom. The minimum absolute atomic E-state index is 0.0680. The molecular weight excluding hydrogens is 306 g/mol. The summed E-state index contributed by atoms with van der Waals surface area (Å²) in [6.07, 6.45) is 0.295. The van der Waals surface area contributed by atoms with Gasteiger partial charge in [0, 0.05) is 30.9 Å². The summed E-state index contributed by atoms with van der Waals surface area (Å²) < 4.78 is 0. The van der Waals surface area contributed by atoms with Gasteiger partial charge < -0.3 is 16.0 Å². The fourth-order valence-electron chi connectivity index (χ4n) is 2.12. The van der Waals surface area contributed by atoms with Gasteiger partial charge in [-0.25, -0.2) is 0 Å². The van der Waals surface area contributed by atoms with Crippen molar-refractivity contribution in [3.8, 4) is 0 Å². The second-order valence-corrected chi connectivity index (χ2v) is 5.26. The van der Waals surface area contributed by atoms with Crippen molar-refractivity contribution in [2.24, 2.45) is 0 Å². The molecule has 0 aromatic heterocycles. The molecule has 0 unspecified atom stereocenters. The number of benzene rings is 2. The van der Waals surface area contributed by atoms with E-state index < -0.39 is 0 Å². The normalized spacial score (nSPS) is 9.92. The molecule has 3 amide bonds. The molecule has 2 aromatic carbocycles. The Morgan fingerprint density at radius 3 is 2.25 bits per heavy atom. The molecule has 0 bridgehead atoms. The minimum Gasteiger partial charge on any atom is -0.359 e. The molecular formula is C18H19N3O3. The molecule has 2 rings (SSSR count). The molecule has 0 heterocycles. The third-order valence-electron chi connectivity index (χ3n) is 3.30. The lowest BCUT2D eigenvalue weighted by Gasteiger charge is -2.08. The highest BCUT2D eigenvalue weighted by Crippen LogP contribution is 2.14. The van der Waals surface area contributed by atoms with Gasteiger partial charge >= 0.3 is 0 Å². The Hall–Kier alpha value is -3.15. The van der Waals surface area contributed by atoms with Crippen molar-refractivity contribution in [3.05, 3.63) is 59.7 Å². The summed E-state index contributed by atoms with van der Waals surface area (Å²) in [7, 11) is 1.59. The van der Waals surface area contributed by atoms with Crippen LogP contribution in [0.1, 0.15) is 22.8 Å². The Balaban J connectivity index is 2.04. The predicted molar refractivity (Wildman–Crippen MR) is 92.9 cm³/mol. The Labute approximate surface area is 140 Å². The number of anilines is 2. The smallest absolute Gasteiger partial charge is 0.255 e. The molecule has 0 atom stereocenters. The fourth-order valence-corrected chi connectivity index (χ4v) is 2.12. The highest BCUT2D eigenvalue weighted by molar-refractivity contribution is 6.05. The number of amides is 3. The van der Waals surface area contributed by atoms with Crippen LogP contribution in [-0.4, -0.2) is 24.8 Å². The van der Waals surface area contributed by atoms with E-state index in [1.807, 2.05) is 0 Å². The first-order valence-electron chi connectivity index (χ1n) is 7.46. The van der Waals surface area contributed by atoms with Crippen molar-refractivity contribution >= 4 is 29.1 Å². The van der Waals surface area contributed by atoms with E-state index in [0.29, 0.717) is 23.4 Å². The van der Waals surface area contributed by atoms with Gasteiger partial charge in [-0.3, -0.25) is 14.4 Å². The maximum atomic E-state index is 12.3. The number of carbonyl (C=O) groups excluding carboxylic acids is 3. The van der Waals surface area contributed by atoms with Crippen molar-refractivity contribution in [1.29, 1.82) is 0 Å². The molecule has 3 N–H and O–H groups in total. The number of nitrogens with one attached hydrogen (secondary N) is 3. The molecule has 0 radical (unpaired) electrons. The third-order valence-corrected chi connectivity index (χ3v) is 3.30. The van der Waals surface area contributed by atoms with Crippen LogP contribution in [0.5, 0.6) is 0 Å². The van der Waals surface area contributed by atoms with Gasteiger partial charge in [0.1, 0.15) is 0 Å². The average Bonchev–Trinajstić information content (AvgIpc) is 2.56. The van der Waals surface area contributed by atoms with Crippen LogP contribution in [0.3, 0.4) is 0 Å². The minimum atomic E-state index is -0.277. The van der Waals surface area contributed by atoms with Crippen LogP contribution in [0.2, 0.25) is 0 Å². The molecule has 0 aliphatic rings. The summed E-state index contributed by atoms with van der Waals surface area (Å²) in [5.41, 5.74) is 2.50. The van der Waals surface area contributed by atoms with Crippen molar-refractivity contribution in [2.45, 2.75) is 13.3 Å². The zero-order valence-electron chi connectivity index (χ0n) is 13.6. The van der Waals surface area contributed by atoms with Crippen LogP contribution in [0.4, 0.5) is 11.4 Å². The molecule has 0 saturated carbocycles. The van der Waals surface area contributed by atoms with Crippen LogP contribution in [0, 0.1) is 0 Å². The molecule has 6 heteroatoms. The number of hydrogen-bond donors (Lipinski definition) is 3. The number of likely N-dealkylation sites (N-methyl/N-ethyl adjacent to an activating group) is 1. The van der Waals surface area contributed by atoms with Crippen LogP contribution in [0.25, 0.3) is 0 Å². The van der Waals surface area contributed by atoms with Crippen molar-refractivity contribution < 1.29 is 14.4 Å². The monoisotopic (exact) mass is 325 g/mol. The SMILES string of the molecule is CNC(=O)Cc1ccc(NC(=O)c2cccc(NC(C)=O)c2)cc1. The quantitative estimate of drug-likeness (QED) is 0.787. The highest BCUT2D eigenvalue weighted by atomic mass is 16.2. The summed E-state index contributed by atoms with van der Waals surface area (Å²) >= 11 is 0. The second kappa shape index (κ2) is 7.92. The van der Waals surface area contributed by atoms with Crippen LogP contribution in [0.15, 0.2) is 48.5 Å². The molecule has 24 heavy (non-hydrogen) atoms. The van der Waals surface area contributed by atoms with E-state index >= 15 is 0 Å². The van der Waals surface area contributed by atoms with Crippen LogP contribution in [-0.2, 0) is 16.0 Å². The van der Waals surface area contributed by atoms with Crippen LogP contribution >= 0.6 is 0 Å². The molecule has 6 nitrogen and oxygen atoms in total. The standard InChI is InChI=1S/C18H19N3O3/c1-12(22)20-16-5-3-4-14(11-16)18(24)21-15-8-6-13(7-9-15)10-17(23)19-2/h3-9,11H,10H2,1-2H3,(H,19,23)(H,20,22)(H,21,24). The Kier molecular flexibility index (Phi) is 5.68. The van der Waals surface area contributed by atoms with Gasteiger partial charge in [0.25, 0.3) is 5.91 Å². The molecule has 0 fully saturated rings. The molecule has 0 aliphatic carbocycles. The summed E-state index contributed by atoms with van der Waals surface area (Å²) in [6, 6.07) is 13.8. The van der Waals surface area contributed by atoms with Gasteiger partial charge in [-0.2, -0.15) is 0 Å². The van der Waals surface area contributed by atoms with E-state index in [4.69, 9.17) is 0 Å². The van der Waals surface area contributed by atoms with E-state index in [0.717, 1.165) is 5.56 Å². The van der Waals surface area contributed by atoms with Gasteiger partial charge in [-0.05, 0) is 35.9 Å². The van der Waals surface area contributed by atoms with E-state index in [9.17, 15) is 14.4 Å². The zero-order valence-corrected chi connectivity index (χ0v) is 13.6. The van der Waals surface area contributed by atoms with E-state index in [1.54, 1.807) is 55.6 Å². The van der Waals surface area contributed by atoms with Crippen LogP contribution < -0.4 is 16.0 Å². The largest absolute Gasteiger partial charge is 0.359 e. The van der Waals surface area contributed by atoms with Crippen molar-refractivity contribution in [1.82, 2.24) is 5.32 Å². The summed E-state index contributed by atoms with van der Waals surface area (Å²) in [4.78, 5) is 34.7. The maximum absolute atomic E-state index is 12.3. The molecule has 124 valence electrons. The van der Waals surface area contributed by atoms with Gasteiger partial charge in [0.2, 0.25) is 11.8 Å². The van der Waals surface area contributed by atoms with Crippen molar-refractivity contribution in [2.75, 3.05) is 17.7 Å². The van der Waals surface area contributed by atoms with E-state index in [-0.39, 0.29) is 17.7 Å². The lowest BCUT2D eigenvalue weighted by atomic mass is 10.1. The van der Waals surface area contributed by atoms with Gasteiger partial charge in [-0.1, -0.05) is 18.2 Å². The Bertz CT molecular complexity index is 754. The lowest BCUT2D eigenvalue weighted by molar-refractivity contribution is -0.120.